The van der Waals surface area contributed by atoms with Gasteiger partial charge in [0.1, 0.15) is 23.4 Å². The van der Waals surface area contributed by atoms with Crippen LogP contribution in [0.15, 0.2) is 24.3 Å². The maximum Gasteiger partial charge on any atom is 0.408 e. The van der Waals surface area contributed by atoms with Crippen LogP contribution in [0, 0.1) is 0 Å². The molecule has 0 saturated carbocycles. The number of phenolic OH excluding ortho intramolecular Hbond substituents is 1. The Bertz CT molecular complexity index is 975. The van der Waals surface area contributed by atoms with Crippen LogP contribution < -0.4 is 16.4 Å². The van der Waals surface area contributed by atoms with Gasteiger partial charge < -0.3 is 35.8 Å². The Morgan fingerprint density at radius 3 is 2.23 bits per heavy atom. The van der Waals surface area contributed by atoms with Crippen molar-refractivity contribution in [3.63, 3.8) is 0 Å². The Balaban J connectivity index is 3.41. The van der Waals surface area contributed by atoms with Crippen LogP contribution in [0.1, 0.15) is 78.3 Å². The van der Waals surface area contributed by atoms with Crippen molar-refractivity contribution in [3.05, 3.63) is 29.8 Å². The van der Waals surface area contributed by atoms with Gasteiger partial charge in [-0.25, -0.2) is 4.79 Å². The molecule has 1 rings (SSSR count). The van der Waals surface area contributed by atoms with E-state index in [-0.39, 0.29) is 31.9 Å². The van der Waals surface area contributed by atoms with E-state index in [2.05, 4.69) is 10.6 Å². The average molecular weight is 551 g/mol. The van der Waals surface area contributed by atoms with Gasteiger partial charge in [0.05, 0.1) is 19.4 Å². The van der Waals surface area contributed by atoms with Crippen molar-refractivity contribution in [3.8, 4) is 5.75 Å². The first-order chi connectivity index (χ1) is 18.3. The number of ether oxygens (including phenoxy) is 2. The molecule has 4 amide bonds. The lowest BCUT2D eigenvalue weighted by Gasteiger charge is -2.34. The molecule has 1 aromatic rings. The van der Waals surface area contributed by atoms with E-state index >= 15 is 0 Å². The first kappa shape index (κ1) is 33.2. The molecule has 0 heterocycles. The molecule has 5 N–H and O–H groups in total. The summed E-state index contributed by atoms with van der Waals surface area (Å²) in [6.07, 6.45) is 0.596. The molecule has 12 heteroatoms. The zero-order valence-corrected chi connectivity index (χ0v) is 23.5. The first-order valence-electron chi connectivity index (χ1n) is 13.1. The van der Waals surface area contributed by atoms with Crippen molar-refractivity contribution in [1.82, 2.24) is 15.5 Å². The Morgan fingerprint density at radius 1 is 1.05 bits per heavy atom. The van der Waals surface area contributed by atoms with Crippen LogP contribution in [0.25, 0.3) is 0 Å². The summed E-state index contributed by atoms with van der Waals surface area (Å²) in [6, 6.07) is 3.15. The molecule has 0 radical (unpaired) electrons. The van der Waals surface area contributed by atoms with Gasteiger partial charge >= 0.3 is 12.1 Å². The normalized spacial score (nSPS) is 12.5. The lowest BCUT2D eigenvalue weighted by atomic mass is 10.0. The van der Waals surface area contributed by atoms with Crippen LogP contribution >= 0.6 is 0 Å². The molecule has 0 aliphatic heterocycles. The highest BCUT2D eigenvalue weighted by Gasteiger charge is 2.36. The molecule has 39 heavy (non-hydrogen) atoms. The minimum atomic E-state index is -1.40. The number of alkyl carbamates (subject to hydrolysis) is 1. The molecule has 0 aliphatic carbocycles. The monoisotopic (exact) mass is 550 g/mol. The highest BCUT2D eigenvalue weighted by molar-refractivity contribution is 5.94. The fourth-order valence-electron chi connectivity index (χ4n) is 3.70. The van der Waals surface area contributed by atoms with E-state index in [1.54, 1.807) is 27.7 Å². The van der Waals surface area contributed by atoms with E-state index in [4.69, 9.17) is 15.2 Å². The fraction of sp³-hybridized carbons (Fsp3) is 0.593. The predicted octanol–water partition coefficient (Wildman–Crippen LogP) is 2.29. The zero-order valence-electron chi connectivity index (χ0n) is 23.5. The van der Waals surface area contributed by atoms with Crippen molar-refractivity contribution in [2.75, 3.05) is 19.7 Å². The quantitative estimate of drug-likeness (QED) is 0.190. The summed E-state index contributed by atoms with van der Waals surface area (Å²) in [5.74, 6) is -2.67. The summed E-state index contributed by atoms with van der Waals surface area (Å²) in [5.41, 5.74) is 4.90. The molecular formula is C27H42N4O8. The number of aromatic hydroxyl groups is 1. The number of carbonyl (C=O) groups is 5. The maximum atomic E-state index is 13.9. The van der Waals surface area contributed by atoms with Crippen molar-refractivity contribution in [2.24, 2.45) is 5.73 Å². The van der Waals surface area contributed by atoms with Crippen LogP contribution in [0.2, 0.25) is 0 Å². The highest BCUT2D eigenvalue weighted by Crippen LogP contribution is 2.25. The van der Waals surface area contributed by atoms with Gasteiger partial charge in [-0.1, -0.05) is 31.9 Å². The van der Waals surface area contributed by atoms with Gasteiger partial charge in [-0.15, -0.1) is 0 Å². The molecule has 0 aromatic heterocycles. The fourth-order valence-corrected chi connectivity index (χ4v) is 3.70. The molecule has 0 fully saturated rings. The number of esters is 1. The molecule has 1 aromatic carbocycles. The Morgan fingerprint density at radius 2 is 1.69 bits per heavy atom. The molecule has 0 aliphatic rings. The number of nitrogens with zero attached hydrogens (tertiary/aromatic N) is 1. The summed E-state index contributed by atoms with van der Waals surface area (Å²) < 4.78 is 10.2. The summed E-state index contributed by atoms with van der Waals surface area (Å²) >= 11 is 0. The van der Waals surface area contributed by atoms with Crippen molar-refractivity contribution in [2.45, 2.75) is 84.4 Å². The lowest BCUT2D eigenvalue weighted by molar-refractivity contribution is -0.144. The predicted molar refractivity (Wildman–Crippen MR) is 143 cm³/mol. The van der Waals surface area contributed by atoms with Gasteiger partial charge in [-0.05, 0) is 51.8 Å². The number of nitrogens with two attached hydrogens (primary N) is 1. The number of rotatable bonds is 15. The third-order valence-corrected chi connectivity index (χ3v) is 5.38. The second-order valence-corrected chi connectivity index (χ2v) is 9.95. The highest BCUT2D eigenvalue weighted by atomic mass is 16.6. The SMILES string of the molecule is CCCCCN(C(=O)C(CC(N)=O)NC(=O)OC(C)(C)C)C(C(=O)NCCC(=O)OCC)c1ccc(O)cc1. The lowest BCUT2D eigenvalue weighted by Crippen LogP contribution is -2.54. The standard InChI is InChI=1S/C27H42N4O8/c1-6-8-9-16-31(25(36)20(17-21(28)33)30-26(37)39-27(3,4)5)23(18-10-12-19(32)13-11-18)24(35)29-15-14-22(34)38-7-2/h10-13,20,23,32H,6-9,14-17H2,1-5H3,(H2,28,33)(H,29,35)(H,30,37). The molecule has 0 saturated heterocycles. The number of hydrogen-bond acceptors (Lipinski definition) is 8. The Kier molecular flexibility index (Phi) is 13.8. The Labute approximate surface area is 229 Å². The van der Waals surface area contributed by atoms with Gasteiger partial charge in [0, 0.05) is 13.1 Å². The number of benzene rings is 1. The van der Waals surface area contributed by atoms with Crippen LogP contribution in [0.3, 0.4) is 0 Å². The van der Waals surface area contributed by atoms with Gasteiger partial charge in [-0.3, -0.25) is 19.2 Å². The maximum absolute atomic E-state index is 13.9. The number of nitrogens with one attached hydrogen (secondary N) is 2. The van der Waals surface area contributed by atoms with Crippen LogP contribution in [-0.2, 0) is 28.7 Å². The molecule has 2 unspecified atom stereocenters. The average Bonchev–Trinajstić information content (AvgIpc) is 2.82. The van der Waals surface area contributed by atoms with Gasteiger partial charge in [0.15, 0.2) is 0 Å². The molecule has 0 bridgehead atoms. The van der Waals surface area contributed by atoms with Crippen LogP contribution in [0.4, 0.5) is 4.79 Å². The van der Waals surface area contributed by atoms with E-state index in [9.17, 15) is 29.1 Å². The zero-order chi connectivity index (χ0) is 29.6. The van der Waals surface area contributed by atoms with Gasteiger partial charge in [0.25, 0.3) is 0 Å². The number of phenols is 1. The first-order valence-corrected chi connectivity index (χ1v) is 13.1. The summed E-state index contributed by atoms with van der Waals surface area (Å²) in [4.78, 5) is 64.7. The summed E-state index contributed by atoms with van der Waals surface area (Å²) in [6.45, 7) is 8.88. The summed E-state index contributed by atoms with van der Waals surface area (Å²) in [5, 5.41) is 14.9. The van der Waals surface area contributed by atoms with Crippen molar-refractivity contribution >= 4 is 29.8 Å². The van der Waals surface area contributed by atoms with E-state index in [0.717, 1.165) is 12.8 Å². The van der Waals surface area contributed by atoms with E-state index < -0.39 is 53.9 Å². The smallest absolute Gasteiger partial charge is 0.408 e. The number of hydrogen-bond donors (Lipinski definition) is 4. The molecule has 0 spiro atoms. The van der Waals surface area contributed by atoms with E-state index in [1.807, 2.05) is 6.92 Å². The molecular weight excluding hydrogens is 508 g/mol. The largest absolute Gasteiger partial charge is 0.508 e. The number of carbonyl (C=O) groups excluding carboxylic acids is 5. The number of unbranched alkanes of at least 4 members (excludes halogenated alkanes) is 2. The van der Waals surface area contributed by atoms with Gasteiger partial charge in [-0.2, -0.15) is 0 Å². The molecule has 12 nitrogen and oxygen atoms in total. The third-order valence-electron chi connectivity index (χ3n) is 5.38. The second-order valence-electron chi connectivity index (χ2n) is 9.95. The third kappa shape index (κ3) is 12.5. The Hall–Kier alpha value is -3.83. The minimum Gasteiger partial charge on any atom is -0.508 e. The van der Waals surface area contributed by atoms with Crippen molar-refractivity contribution in [1.29, 1.82) is 0 Å². The second kappa shape index (κ2) is 16.2. The topological polar surface area (TPSA) is 177 Å². The van der Waals surface area contributed by atoms with E-state index in [0.29, 0.717) is 12.0 Å². The van der Waals surface area contributed by atoms with Gasteiger partial charge in [0.2, 0.25) is 17.7 Å². The number of primary amides is 1. The molecule has 218 valence electrons. The molecule has 2 atom stereocenters. The van der Waals surface area contributed by atoms with Crippen LogP contribution in [0.5, 0.6) is 5.75 Å². The minimum absolute atomic E-state index is 0.0376. The summed E-state index contributed by atoms with van der Waals surface area (Å²) in [7, 11) is 0. The number of amides is 4. The van der Waals surface area contributed by atoms with Crippen molar-refractivity contribution < 1.29 is 38.6 Å². The van der Waals surface area contributed by atoms with E-state index in [1.165, 1.54) is 29.2 Å². The van der Waals surface area contributed by atoms with Crippen LogP contribution in [-0.4, -0.2) is 71.1 Å².